The van der Waals surface area contributed by atoms with Crippen LogP contribution in [0.1, 0.15) is 40.6 Å². The van der Waals surface area contributed by atoms with Gasteiger partial charge in [-0.2, -0.15) is 13.2 Å². The summed E-state index contributed by atoms with van der Waals surface area (Å²) >= 11 is 11.4. The molecule has 0 saturated heterocycles. The summed E-state index contributed by atoms with van der Waals surface area (Å²) in [5.41, 5.74) is -0.366. The van der Waals surface area contributed by atoms with Gasteiger partial charge in [0.05, 0.1) is 0 Å². The smallest absolute Gasteiger partial charge is 0.347 e. The van der Waals surface area contributed by atoms with Crippen LogP contribution in [0.5, 0.6) is 0 Å². The van der Waals surface area contributed by atoms with E-state index in [1.165, 1.54) is 6.07 Å². The van der Waals surface area contributed by atoms with Crippen molar-refractivity contribution in [2.45, 2.75) is 31.0 Å². The van der Waals surface area contributed by atoms with Gasteiger partial charge in [0.15, 0.2) is 0 Å². The maximum absolute atomic E-state index is 12.7. The topological polar surface area (TPSA) is 67.8 Å². The lowest BCUT2D eigenvalue weighted by Gasteiger charge is -2.36. The van der Waals surface area contributed by atoms with Gasteiger partial charge in [0.1, 0.15) is 16.0 Å². The van der Waals surface area contributed by atoms with E-state index in [-0.39, 0.29) is 28.1 Å². The van der Waals surface area contributed by atoms with E-state index in [1.54, 1.807) is 6.07 Å². The van der Waals surface area contributed by atoms with Gasteiger partial charge < -0.3 is 5.32 Å². The van der Waals surface area contributed by atoms with Crippen LogP contribution in [-0.2, 0) is 6.18 Å². The molecule has 1 saturated carbocycles. The number of nitrogens with zero attached hydrogens (tertiary/aromatic N) is 3. The third-order valence-corrected chi connectivity index (χ3v) is 4.27. The van der Waals surface area contributed by atoms with Crippen molar-refractivity contribution < 1.29 is 18.0 Å². The minimum Gasteiger partial charge on any atom is -0.347 e. The van der Waals surface area contributed by atoms with Crippen LogP contribution in [0.3, 0.4) is 0 Å². The summed E-state index contributed by atoms with van der Waals surface area (Å²) in [6.07, 6.45) is -2.30. The molecule has 1 amide bonds. The van der Waals surface area contributed by atoms with Gasteiger partial charge in [-0.25, -0.2) is 9.97 Å². The lowest BCUT2D eigenvalue weighted by Crippen LogP contribution is -2.44. The predicted molar refractivity (Wildman–Crippen MR) is 84.5 cm³/mol. The maximum atomic E-state index is 12.7. The van der Waals surface area contributed by atoms with Gasteiger partial charge in [-0.05, 0) is 36.5 Å². The highest BCUT2D eigenvalue weighted by molar-refractivity contribution is 6.33. The van der Waals surface area contributed by atoms with Crippen molar-refractivity contribution in [3.63, 3.8) is 0 Å². The van der Waals surface area contributed by atoms with E-state index in [0.29, 0.717) is 18.4 Å². The number of carbonyl (C=O) groups is 1. The van der Waals surface area contributed by atoms with Gasteiger partial charge in [0.2, 0.25) is 5.82 Å². The van der Waals surface area contributed by atoms with Crippen molar-refractivity contribution >= 4 is 29.1 Å². The molecule has 0 spiro atoms. The second kappa shape index (κ2) is 6.76. The lowest BCUT2D eigenvalue weighted by molar-refractivity contribution is -0.141. The first kappa shape index (κ1) is 17.9. The predicted octanol–water partition coefficient (Wildman–Crippen LogP) is 3.87. The Kier molecular flexibility index (Phi) is 4.83. The Morgan fingerprint density at radius 3 is 2.40 bits per heavy atom. The van der Waals surface area contributed by atoms with Crippen molar-refractivity contribution in [2.24, 2.45) is 0 Å². The minimum atomic E-state index is -4.48. The van der Waals surface area contributed by atoms with Crippen LogP contribution in [0, 0.1) is 0 Å². The summed E-state index contributed by atoms with van der Waals surface area (Å²) in [4.78, 5) is 23.0. The Morgan fingerprint density at radius 2 is 1.80 bits per heavy atom. The number of amides is 1. The Hall–Kier alpha value is -1.93. The Bertz CT molecular complexity index is 789. The van der Waals surface area contributed by atoms with E-state index in [2.05, 4.69) is 20.3 Å². The SMILES string of the molecule is O=C(NC1CC(c2ccnc(C(F)(F)F)c2)C1)c1nc(Cl)cc(Cl)n1. The van der Waals surface area contributed by atoms with Crippen molar-refractivity contribution in [1.29, 1.82) is 0 Å². The number of aromatic nitrogens is 3. The standard InChI is InChI=1S/C15H11Cl2F3N4O/c16-11-6-12(17)24-13(23-11)14(25)22-9-3-8(4-9)7-1-2-21-10(5-7)15(18,19)20/h1-2,5-6,8-9H,3-4H2,(H,22,25). The first-order chi connectivity index (χ1) is 11.7. The van der Waals surface area contributed by atoms with Crippen LogP contribution in [-0.4, -0.2) is 26.9 Å². The minimum absolute atomic E-state index is 0.0492. The summed E-state index contributed by atoms with van der Waals surface area (Å²) < 4.78 is 38.1. The number of hydrogen-bond donors (Lipinski definition) is 1. The third-order valence-electron chi connectivity index (χ3n) is 3.89. The molecule has 10 heteroatoms. The molecule has 25 heavy (non-hydrogen) atoms. The number of nitrogens with one attached hydrogen (secondary N) is 1. The normalized spacial score (nSPS) is 20.0. The van der Waals surface area contributed by atoms with Gasteiger partial charge in [-0.1, -0.05) is 23.2 Å². The van der Waals surface area contributed by atoms with Crippen molar-refractivity contribution in [1.82, 2.24) is 20.3 Å². The third kappa shape index (κ3) is 4.19. The number of hydrogen-bond acceptors (Lipinski definition) is 4. The second-order valence-electron chi connectivity index (χ2n) is 5.65. The molecule has 0 aliphatic heterocycles. The quantitative estimate of drug-likeness (QED) is 0.807. The molecule has 0 unspecified atom stereocenters. The molecule has 1 N–H and O–H groups in total. The molecule has 5 nitrogen and oxygen atoms in total. The largest absolute Gasteiger partial charge is 0.433 e. The lowest BCUT2D eigenvalue weighted by atomic mass is 9.76. The zero-order valence-electron chi connectivity index (χ0n) is 12.5. The van der Waals surface area contributed by atoms with Crippen LogP contribution < -0.4 is 5.32 Å². The van der Waals surface area contributed by atoms with Crippen molar-refractivity contribution in [2.75, 3.05) is 0 Å². The van der Waals surface area contributed by atoms with E-state index in [4.69, 9.17) is 23.2 Å². The molecule has 3 rings (SSSR count). The average Bonchev–Trinajstić information content (AvgIpc) is 2.48. The molecule has 2 aromatic heterocycles. The molecular weight excluding hydrogens is 380 g/mol. The molecule has 0 radical (unpaired) electrons. The fourth-order valence-electron chi connectivity index (χ4n) is 2.61. The van der Waals surface area contributed by atoms with E-state index in [9.17, 15) is 18.0 Å². The number of alkyl halides is 3. The van der Waals surface area contributed by atoms with Crippen molar-refractivity contribution in [3.05, 3.63) is 51.8 Å². The summed E-state index contributed by atoms with van der Waals surface area (Å²) in [6.45, 7) is 0. The molecule has 0 atom stereocenters. The molecule has 2 heterocycles. The molecule has 2 aromatic rings. The Morgan fingerprint density at radius 1 is 1.16 bits per heavy atom. The molecule has 0 aromatic carbocycles. The van der Waals surface area contributed by atoms with E-state index >= 15 is 0 Å². The van der Waals surface area contributed by atoms with E-state index in [0.717, 1.165) is 12.3 Å². The van der Waals surface area contributed by atoms with E-state index < -0.39 is 17.8 Å². The number of halogens is 5. The van der Waals surface area contributed by atoms with Gasteiger partial charge in [0, 0.05) is 18.3 Å². The Balaban J connectivity index is 1.60. The van der Waals surface area contributed by atoms with Gasteiger partial charge >= 0.3 is 6.18 Å². The molecule has 1 aliphatic rings. The number of pyridine rings is 1. The highest BCUT2D eigenvalue weighted by Crippen LogP contribution is 2.38. The summed E-state index contributed by atoms with van der Waals surface area (Å²) in [6, 6.07) is 3.72. The number of rotatable bonds is 3. The van der Waals surface area contributed by atoms with Crippen LogP contribution in [0.25, 0.3) is 0 Å². The number of carbonyl (C=O) groups excluding carboxylic acids is 1. The first-order valence-electron chi connectivity index (χ1n) is 7.26. The highest BCUT2D eigenvalue weighted by Gasteiger charge is 2.36. The van der Waals surface area contributed by atoms with Crippen molar-refractivity contribution in [3.8, 4) is 0 Å². The Labute approximate surface area is 150 Å². The van der Waals surface area contributed by atoms with Gasteiger partial charge in [-0.3, -0.25) is 9.78 Å². The van der Waals surface area contributed by atoms with Crippen LogP contribution >= 0.6 is 23.2 Å². The fraction of sp³-hybridized carbons (Fsp3) is 0.333. The van der Waals surface area contributed by atoms with Crippen LogP contribution in [0.4, 0.5) is 13.2 Å². The monoisotopic (exact) mass is 390 g/mol. The maximum Gasteiger partial charge on any atom is 0.433 e. The summed E-state index contributed by atoms with van der Waals surface area (Å²) in [7, 11) is 0. The zero-order valence-corrected chi connectivity index (χ0v) is 14.0. The van der Waals surface area contributed by atoms with Crippen LogP contribution in [0.15, 0.2) is 24.4 Å². The fourth-order valence-corrected chi connectivity index (χ4v) is 3.03. The summed E-state index contributed by atoms with van der Waals surface area (Å²) in [5.74, 6) is -0.749. The average molecular weight is 391 g/mol. The van der Waals surface area contributed by atoms with Crippen LogP contribution in [0.2, 0.25) is 10.3 Å². The molecule has 132 valence electrons. The van der Waals surface area contributed by atoms with Gasteiger partial charge in [-0.15, -0.1) is 0 Å². The first-order valence-corrected chi connectivity index (χ1v) is 8.02. The zero-order chi connectivity index (χ0) is 18.2. The summed E-state index contributed by atoms with van der Waals surface area (Å²) in [5, 5.41) is 2.81. The van der Waals surface area contributed by atoms with E-state index in [1.807, 2.05) is 0 Å². The molecule has 1 aliphatic carbocycles. The molecule has 0 bridgehead atoms. The highest BCUT2D eigenvalue weighted by atomic mass is 35.5. The second-order valence-corrected chi connectivity index (χ2v) is 6.42. The molecule has 1 fully saturated rings. The van der Waals surface area contributed by atoms with Gasteiger partial charge in [0.25, 0.3) is 5.91 Å². The molecular formula is C15H11Cl2F3N4O.